The molecule has 9 heteroatoms. The lowest BCUT2D eigenvalue weighted by Gasteiger charge is -2.30. The third-order valence-corrected chi connectivity index (χ3v) is 7.76. The van der Waals surface area contributed by atoms with Crippen molar-refractivity contribution < 1.29 is 38.9 Å². The summed E-state index contributed by atoms with van der Waals surface area (Å²) in [4.78, 5) is 51.5. The molecule has 1 unspecified atom stereocenters. The van der Waals surface area contributed by atoms with Gasteiger partial charge in [0.15, 0.2) is 17.3 Å². The molecule has 1 aliphatic heterocycles. The van der Waals surface area contributed by atoms with Gasteiger partial charge in [0.1, 0.15) is 45.7 Å². The number of rotatable bonds is 5. The molecule has 2 aliphatic rings. The van der Waals surface area contributed by atoms with Crippen molar-refractivity contribution in [2.45, 2.75) is 53.5 Å². The number of methoxy groups -OCH3 is 1. The van der Waals surface area contributed by atoms with E-state index in [0.717, 1.165) is 29.7 Å². The second-order valence-corrected chi connectivity index (χ2v) is 9.73. The van der Waals surface area contributed by atoms with Crippen LogP contribution in [0.25, 0.3) is 0 Å². The predicted molar refractivity (Wildman–Crippen MR) is 133 cm³/mol. The smallest absolute Gasteiger partial charge is 0.259 e. The fraction of sp³-hybridized carbons (Fsp3) is 0.357. The third-order valence-electron chi connectivity index (χ3n) is 7.76. The molecule has 3 N–H and O–H groups in total. The van der Waals surface area contributed by atoms with E-state index >= 15 is 0 Å². The van der Waals surface area contributed by atoms with Crippen LogP contribution in [0.5, 0.6) is 23.0 Å². The minimum absolute atomic E-state index is 0.00265. The minimum Gasteiger partial charge on any atom is -0.507 e. The van der Waals surface area contributed by atoms with Crippen LogP contribution in [0.4, 0.5) is 0 Å². The first kappa shape index (κ1) is 25.9. The standard InChI is InChI=1S/C28H29NO8/c1-11-13(3)24(33)14(4)12(2)16(11)10-29-27(35)22-19(36-7)8-18(32)23-25(22)37-20-9-17(31)21(15(5)30)26(34)28(20,23)6/h8-9,21,32-33H,10H2,1-7H3,(H,29,35)/t21?,28-/m1/s1. The highest BCUT2D eigenvalue weighted by Crippen LogP contribution is 2.56. The molecule has 37 heavy (non-hydrogen) atoms. The predicted octanol–water partition coefficient (Wildman–Crippen LogP) is 3.16. The van der Waals surface area contributed by atoms with Gasteiger partial charge in [0, 0.05) is 18.7 Å². The Morgan fingerprint density at radius 1 is 1.08 bits per heavy atom. The maximum atomic E-state index is 13.5. The van der Waals surface area contributed by atoms with Crippen LogP contribution >= 0.6 is 0 Å². The number of fused-ring (bicyclic) bond motifs is 3. The average Bonchev–Trinajstić information content (AvgIpc) is 3.14. The van der Waals surface area contributed by atoms with E-state index in [1.807, 2.05) is 13.8 Å². The first-order valence-corrected chi connectivity index (χ1v) is 11.8. The molecule has 0 spiro atoms. The molecule has 1 heterocycles. The summed E-state index contributed by atoms with van der Waals surface area (Å²) in [5, 5.41) is 24.1. The molecular weight excluding hydrogens is 478 g/mol. The highest BCUT2D eigenvalue weighted by Gasteiger charge is 2.58. The summed E-state index contributed by atoms with van der Waals surface area (Å²) in [5.74, 6) is -4.49. The van der Waals surface area contributed by atoms with E-state index in [4.69, 9.17) is 9.47 Å². The number of allylic oxidation sites excluding steroid dienone is 2. The molecule has 194 valence electrons. The Labute approximate surface area is 214 Å². The number of nitrogens with one attached hydrogen (secondary N) is 1. The molecule has 0 bridgehead atoms. The van der Waals surface area contributed by atoms with E-state index in [1.165, 1.54) is 20.1 Å². The number of carbonyl (C=O) groups is 4. The lowest BCUT2D eigenvalue weighted by atomic mass is 9.67. The maximum absolute atomic E-state index is 13.5. The normalized spacial score (nSPS) is 20.1. The van der Waals surface area contributed by atoms with Crippen LogP contribution < -0.4 is 14.8 Å². The van der Waals surface area contributed by atoms with Crippen molar-refractivity contribution in [2.75, 3.05) is 7.11 Å². The first-order chi connectivity index (χ1) is 17.3. The van der Waals surface area contributed by atoms with Crippen LogP contribution in [-0.2, 0) is 26.3 Å². The van der Waals surface area contributed by atoms with Gasteiger partial charge in [-0.15, -0.1) is 0 Å². The number of benzene rings is 2. The molecule has 0 fully saturated rings. The van der Waals surface area contributed by atoms with Crippen molar-refractivity contribution in [3.8, 4) is 23.0 Å². The van der Waals surface area contributed by atoms with Gasteiger partial charge in [-0.25, -0.2) is 0 Å². The van der Waals surface area contributed by atoms with Gasteiger partial charge in [-0.3, -0.25) is 19.2 Å². The van der Waals surface area contributed by atoms with Crippen LogP contribution in [0.3, 0.4) is 0 Å². The summed E-state index contributed by atoms with van der Waals surface area (Å²) in [5.41, 5.74) is 2.24. The molecule has 0 aromatic heterocycles. The average molecular weight is 508 g/mol. The van der Waals surface area contributed by atoms with Crippen molar-refractivity contribution in [2.24, 2.45) is 5.92 Å². The van der Waals surface area contributed by atoms with Gasteiger partial charge in [0.25, 0.3) is 5.91 Å². The number of hydrogen-bond acceptors (Lipinski definition) is 8. The molecule has 0 radical (unpaired) electrons. The third kappa shape index (κ3) is 3.60. The molecule has 4 rings (SSSR count). The molecule has 2 aromatic rings. The second-order valence-electron chi connectivity index (χ2n) is 9.73. The van der Waals surface area contributed by atoms with Gasteiger partial charge in [0.2, 0.25) is 0 Å². The number of phenolic OH excluding ortho intramolecular Hbond substituents is 2. The molecule has 0 saturated heterocycles. The number of carbonyl (C=O) groups excluding carboxylic acids is 4. The van der Waals surface area contributed by atoms with Crippen LogP contribution in [0.2, 0.25) is 0 Å². The van der Waals surface area contributed by atoms with Gasteiger partial charge in [-0.1, -0.05) is 0 Å². The van der Waals surface area contributed by atoms with Gasteiger partial charge in [-0.2, -0.15) is 0 Å². The summed E-state index contributed by atoms with van der Waals surface area (Å²) in [7, 11) is 1.32. The Balaban J connectivity index is 1.81. The van der Waals surface area contributed by atoms with Crippen molar-refractivity contribution in [1.82, 2.24) is 5.32 Å². The largest absolute Gasteiger partial charge is 0.507 e. The van der Waals surface area contributed by atoms with Crippen molar-refractivity contribution >= 4 is 23.3 Å². The summed E-state index contributed by atoms with van der Waals surface area (Å²) < 4.78 is 11.2. The monoisotopic (exact) mass is 507 g/mol. The number of ether oxygens (including phenoxy) is 2. The van der Waals surface area contributed by atoms with Gasteiger partial charge >= 0.3 is 0 Å². The molecule has 1 aliphatic carbocycles. The topological polar surface area (TPSA) is 139 Å². The Bertz CT molecular complexity index is 1420. The zero-order valence-corrected chi connectivity index (χ0v) is 21.8. The van der Waals surface area contributed by atoms with E-state index < -0.39 is 34.6 Å². The molecule has 9 nitrogen and oxygen atoms in total. The van der Waals surface area contributed by atoms with Crippen LogP contribution in [-0.4, -0.2) is 40.6 Å². The van der Waals surface area contributed by atoms with E-state index in [2.05, 4.69) is 5.32 Å². The lowest BCUT2D eigenvalue weighted by Crippen LogP contribution is -2.47. The molecule has 0 saturated carbocycles. The van der Waals surface area contributed by atoms with Crippen molar-refractivity contribution in [3.63, 3.8) is 0 Å². The number of Topliss-reactive ketones (excluding diaryl/α,β-unsaturated/α-hetero) is 2. The van der Waals surface area contributed by atoms with E-state index in [-0.39, 0.29) is 46.4 Å². The van der Waals surface area contributed by atoms with Crippen LogP contribution in [0, 0.1) is 33.6 Å². The SMILES string of the molecule is COc1cc(O)c2c(c1C(=O)NCc1c(C)c(C)c(O)c(C)c1C)OC1=CC(=O)C(C(C)=O)C(=O)[C@]12C. The maximum Gasteiger partial charge on any atom is 0.259 e. The highest BCUT2D eigenvalue weighted by atomic mass is 16.5. The summed E-state index contributed by atoms with van der Waals surface area (Å²) >= 11 is 0. The Morgan fingerprint density at radius 2 is 1.68 bits per heavy atom. The quantitative estimate of drug-likeness (QED) is 0.525. The Kier molecular flexibility index (Phi) is 6.14. The second kappa shape index (κ2) is 8.76. The molecular formula is C28H29NO8. The Morgan fingerprint density at radius 3 is 2.22 bits per heavy atom. The van der Waals surface area contributed by atoms with Crippen LogP contribution in [0.15, 0.2) is 17.9 Å². The number of hydrogen-bond donors (Lipinski definition) is 3. The Hall–Kier alpha value is -4.14. The van der Waals surface area contributed by atoms with Gasteiger partial charge in [0.05, 0.1) is 12.7 Å². The number of ketones is 3. The molecule has 1 amide bonds. The summed E-state index contributed by atoms with van der Waals surface area (Å²) in [6.45, 7) is 10.1. The molecule has 2 atom stereocenters. The number of phenols is 2. The highest BCUT2D eigenvalue weighted by molar-refractivity contribution is 6.27. The zero-order valence-electron chi connectivity index (χ0n) is 21.8. The van der Waals surface area contributed by atoms with Crippen molar-refractivity contribution in [3.05, 3.63) is 56.8 Å². The van der Waals surface area contributed by atoms with Gasteiger partial charge < -0.3 is 25.0 Å². The van der Waals surface area contributed by atoms with Crippen molar-refractivity contribution in [1.29, 1.82) is 0 Å². The van der Waals surface area contributed by atoms with Gasteiger partial charge in [-0.05, 0) is 69.4 Å². The van der Waals surface area contributed by atoms with E-state index in [1.54, 1.807) is 13.8 Å². The number of amides is 1. The van der Waals surface area contributed by atoms with E-state index in [0.29, 0.717) is 11.1 Å². The number of aromatic hydroxyl groups is 2. The van der Waals surface area contributed by atoms with Crippen LogP contribution in [0.1, 0.15) is 57.6 Å². The lowest BCUT2D eigenvalue weighted by molar-refractivity contribution is -0.140. The first-order valence-electron chi connectivity index (χ1n) is 11.8. The summed E-state index contributed by atoms with van der Waals surface area (Å²) in [6, 6.07) is 1.21. The fourth-order valence-corrected chi connectivity index (χ4v) is 5.24. The zero-order chi connectivity index (χ0) is 27.6. The van der Waals surface area contributed by atoms with E-state index in [9.17, 15) is 29.4 Å². The fourth-order valence-electron chi connectivity index (χ4n) is 5.24. The molecule has 2 aromatic carbocycles. The minimum atomic E-state index is -1.64. The summed E-state index contributed by atoms with van der Waals surface area (Å²) in [6.07, 6.45) is 1.08.